The number of hydrogen-bond donors (Lipinski definition) is 0. The largest absolute Gasteiger partial charge is 0.345 e. The van der Waals surface area contributed by atoms with Gasteiger partial charge >= 0.3 is 0 Å². The molecule has 9 heavy (non-hydrogen) atoms. The van der Waals surface area contributed by atoms with Gasteiger partial charge in [0, 0.05) is 25.0 Å². The van der Waals surface area contributed by atoms with Crippen molar-refractivity contribution in [2.45, 2.75) is 0 Å². The number of likely N-dealkylation sites (N-methyl/N-ethyl adjacent to an activating group) is 1. The second kappa shape index (κ2) is 3.67. The topological polar surface area (TPSA) is 20.3 Å². The van der Waals surface area contributed by atoms with Crippen LogP contribution in [0, 0.1) is 0 Å². The SMILES string of the molecule is C=C(CBr)C(=O)N(C)C. The fourth-order valence-electron chi connectivity index (χ4n) is 0.373. The fourth-order valence-corrected chi connectivity index (χ4v) is 0.613. The Hall–Kier alpha value is -0.310. The molecule has 0 bridgehead atoms. The van der Waals surface area contributed by atoms with Gasteiger partial charge in [-0.3, -0.25) is 4.79 Å². The first-order valence-electron chi connectivity index (χ1n) is 2.55. The lowest BCUT2D eigenvalue weighted by Crippen LogP contribution is -2.23. The van der Waals surface area contributed by atoms with Crippen LogP contribution in [0.2, 0.25) is 0 Å². The molecular weight excluding hydrogens is 182 g/mol. The molecule has 0 radical (unpaired) electrons. The van der Waals surface area contributed by atoms with Crippen LogP contribution >= 0.6 is 15.9 Å². The lowest BCUT2D eigenvalue weighted by molar-refractivity contribution is -0.124. The molecule has 0 saturated carbocycles. The molecule has 0 fully saturated rings. The van der Waals surface area contributed by atoms with E-state index in [2.05, 4.69) is 22.5 Å². The summed E-state index contributed by atoms with van der Waals surface area (Å²) >= 11 is 3.14. The van der Waals surface area contributed by atoms with E-state index in [9.17, 15) is 4.79 Å². The Kier molecular flexibility index (Phi) is 3.54. The first kappa shape index (κ1) is 8.69. The molecule has 52 valence electrons. The number of nitrogens with zero attached hydrogens (tertiary/aromatic N) is 1. The molecular formula is C6H10BrNO. The second-order valence-corrected chi connectivity index (χ2v) is 2.50. The lowest BCUT2D eigenvalue weighted by atomic mass is 10.3. The van der Waals surface area contributed by atoms with Gasteiger partial charge in [0.25, 0.3) is 0 Å². The molecule has 0 aromatic rings. The Bertz CT molecular complexity index is 131. The third kappa shape index (κ3) is 2.65. The quantitative estimate of drug-likeness (QED) is 0.472. The summed E-state index contributed by atoms with van der Waals surface area (Å²) in [7, 11) is 3.41. The monoisotopic (exact) mass is 191 g/mol. The third-order valence-corrected chi connectivity index (χ3v) is 1.55. The molecule has 0 aliphatic carbocycles. The standard InChI is InChI=1S/C6H10BrNO/c1-5(4-7)6(9)8(2)3/h1,4H2,2-3H3. The van der Waals surface area contributed by atoms with Gasteiger partial charge in [-0.15, -0.1) is 0 Å². The van der Waals surface area contributed by atoms with E-state index >= 15 is 0 Å². The predicted molar refractivity (Wildman–Crippen MR) is 41.6 cm³/mol. The molecule has 0 unspecified atom stereocenters. The van der Waals surface area contributed by atoms with Gasteiger partial charge in [0.05, 0.1) is 0 Å². The molecule has 0 aromatic heterocycles. The Labute approximate surface area is 63.7 Å². The van der Waals surface area contributed by atoms with Gasteiger partial charge in [-0.2, -0.15) is 0 Å². The molecule has 0 aromatic carbocycles. The highest BCUT2D eigenvalue weighted by Gasteiger charge is 2.05. The van der Waals surface area contributed by atoms with Crippen LogP contribution in [0.4, 0.5) is 0 Å². The van der Waals surface area contributed by atoms with Crippen LogP contribution in [0.15, 0.2) is 12.2 Å². The van der Waals surface area contributed by atoms with Crippen molar-refractivity contribution in [3.8, 4) is 0 Å². The second-order valence-electron chi connectivity index (χ2n) is 1.94. The number of halogens is 1. The molecule has 0 aliphatic rings. The average Bonchev–Trinajstić information content (AvgIpc) is 1.84. The average molecular weight is 192 g/mol. The molecule has 2 nitrogen and oxygen atoms in total. The van der Waals surface area contributed by atoms with E-state index in [4.69, 9.17) is 0 Å². The zero-order valence-corrected chi connectivity index (χ0v) is 7.23. The van der Waals surface area contributed by atoms with Crippen LogP contribution < -0.4 is 0 Å². The summed E-state index contributed by atoms with van der Waals surface area (Å²) in [6.45, 7) is 3.56. The van der Waals surface area contributed by atoms with E-state index in [1.165, 1.54) is 4.90 Å². The van der Waals surface area contributed by atoms with Gasteiger partial charge in [0.2, 0.25) is 5.91 Å². The zero-order valence-electron chi connectivity index (χ0n) is 5.65. The number of rotatable bonds is 2. The first-order valence-corrected chi connectivity index (χ1v) is 3.67. The Balaban J connectivity index is 3.89. The van der Waals surface area contributed by atoms with Crippen molar-refractivity contribution < 1.29 is 4.79 Å². The normalized spacial score (nSPS) is 8.78. The van der Waals surface area contributed by atoms with Crippen LogP contribution in [0.3, 0.4) is 0 Å². The highest BCUT2D eigenvalue weighted by Crippen LogP contribution is 1.98. The predicted octanol–water partition coefficient (Wildman–Crippen LogP) is 1.03. The van der Waals surface area contributed by atoms with Crippen LogP contribution in [-0.2, 0) is 4.79 Å². The zero-order chi connectivity index (χ0) is 7.44. The maximum atomic E-state index is 10.9. The Morgan fingerprint density at radius 3 is 2.22 bits per heavy atom. The van der Waals surface area contributed by atoms with Gasteiger partial charge in [-0.05, 0) is 0 Å². The fraction of sp³-hybridized carbons (Fsp3) is 0.500. The van der Waals surface area contributed by atoms with Crippen molar-refractivity contribution in [1.82, 2.24) is 4.90 Å². The highest BCUT2D eigenvalue weighted by atomic mass is 79.9. The van der Waals surface area contributed by atoms with Crippen molar-refractivity contribution >= 4 is 21.8 Å². The maximum absolute atomic E-state index is 10.9. The maximum Gasteiger partial charge on any atom is 0.249 e. The van der Waals surface area contributed by atoms with Gasteiger partial charge < -0.3 is 4.90 Å². The molecule has 3 heteroatoms. The minimum absolute atomic E-state index is 0.0214. The van der Waals surface area contributed by atoms with Crippen molar-refractivity contribution in [2.24, 2.45) is 0 Å². The molecule has 0 saturated heterocycles. The van der Waals surface area contributed by atoms with Crippen LogP contribution in [0.5, 0.6) is 0 Å². The van der Waals surface area contributed by atoms with Crippen molar-refractivity contribution in [1.29, 1.82) is 0 Å². The van der Waals surface area contributed by atoms with E-state index < -0.39 is 0 Å². The van der Waals surface area contributed by atoms with Crippen molar-refractivity contribution in [3.05, 3.63) is 12.2 Å². The van der Waals surface area contributed by atoms with Gasteiger partial charge in [0.1, 0.15) is 0 Å². The smallest absolute Gasteiger partial charge is 0.249 e. The summed E-state index contributed by atoms with van der Waals surface area (Å²) in [5.74, 6) is -0.0214. The molecule has 0 atom stereocenters. The van der Waals surface area contributed by atoms with E-state index in [0.29, 0.717) is 10.9 Å². The third-order valence-electron chi connectivity index (χ3n) is 0.870. The van der Waals surface area contributed by atoms with Gasteiger partial charge in [0.15, 0.2) is 0 Å². The number of carbonyl (C=O) groups excluding carboxylic acids is 1. The van der Waals surface area contributed by atoms with E-state index in [1.807, 2.05) is 0 Å². The van der Waals surface area contributed by atoms with Crippen LogP contribution in [-0.4, -0.2) is 30.2 Å². The summed E-state index contributed by atoms with van der Waals surface area (Å²) in [6, 6.07) is 0. The minimum Gasteiger partial charge on any atom is -0.345 e. The molecule has 0 aliphatic heterocycles. The lowest BCUT2D eigenvalue weighted by Gasteiger charge is -2.09. The number of hydrogen-bond acceptors (Lipinski definition) is 1. The summed E-state index contributed by atoms with van der Waals surface area (Å²) in [6.07, 6.45) is 0. The molecule has 0 N–H and O–H groups in total. The molecule has 0 spiro atoms. The summed E-state index contributed by atoms with van der Waals surface area (Å²) in [5.41, 5.74) is 0.583. The number of amides is 1. The molecule has 0 rings (SSSR count). The van der Waals surface area contributed by atoms with Crippen LogP contribution in [0.25, 0.3) is 0 Å². The summed E-state index contributed by atoms with van der Waals surface area (Å²) in [4.78, 5) is 12.4. The first-order chi connectivity index (χ1) is 4.09. The summed E-state index contributed by atoms with van der Waals surface area (Å²) in [5, 5.41) is 0.546. The van der Waals surface area contributed by atoms with E-state index in [1.54, 1.807) is 14.1 Å². The molecule has 1 amide bonds. The number of carbonyl (C=O) groups is 1. The number of alkyl halides is 1. The van der Waals surface area contributed by atoms with Gasteiger partial charge in [-0.1, -0.05) is 22.5 Å². The van der Waals surface area contributed by atoms with Crippen molar-refractivity contribution in [2.75, 3.05) is 19.4 Å². The summed E-state index contributed by atoms with van der Waals surface area (Å²) < 4.78 is 0. The Morgan fingerprint density at radius 2 is 2.11 bits per heavy atom. The van der Waals surface area contributed by atoms with E-state index in [-0.39, 0.29) is 5.91 Å². The Morgan fingerprint density at radius 1 is 1.67 bits per heavy atom. The highest BCUT2D eigenvalue weighted by molar-refractivity contribution is 9.09. The minimum atomic E-state index is -0.0214. The van der Waals surface area contributed by atoms with Gasteiger partial charge in [-0.25, -0.2) is 0 Å². The van der Waals surface area contributed by atoms with Crippen molar-refractivity contribution in [3.63, 3.8) is 0 Å². The van der Waals surface area contributed by atoms with E-state index in [0.717, 1.165) is 0 Å². The van der Waals surface area contributed by atoms with Crippen LogP contribution in [0.1, 0.15) is 0 Å². The molecule has 0 heterocycles.